The van der Waals surface area contributed by atoms with Crippen LogP contribution in [0.3, 0.4) is 0 Å². The number of aromatic nitrogens is 1. The second kappa shape index (κ2) is 7.88. The zero-order valence-corrected chi connectivity index (χ0v) is 15.8. The molecule has 1 saturated carbocycles. The maximum absolute atomic E-state index is 12.4. The summed E-state index contributed by atoms with van der Waals surface area (Å²) >= 11 is 0. The normalized spacial score (nSPS) is 18.7. The van der Waals surface area contributed by atoms with Crippen molar-refractivity contribution in [1.29, 1.82) is 0 Å². The van der Waals surface area contributed by atoms with Crippen LogP contribution in [0.5, 0.6) is 5.88 Å². The molecule has 28 heavy (non-hydrogen) atoms. The first-order valence-electron chi connectivity index (χ1n) is 9.50. The summed E-state index contributed by atoms with van der Waals surface area (Å²) in [5.74, 6) is 0.828. The van der Waals surface area contributed by atoms with Gasteiger partial charge in [-0.05, 0) is 43.9 Å². The molecule has 1 aromatic carbocycles. The number of amides is 2. The van der Waals surface area contributed by atoms with E-state index in [0.717, 1.165) is 11.3 Å². The fourth-order valence-corrected chi connectivity index (χ4v) is 2.99. The maximum Gasteiger partial charge on any atom is 0.414 e. The first-order chi connectivity index (χ1) is 13.6. The Morgan fingerprint density at radius 3 is 2.82 bits per heavy atom. The average Bonchev–Trinajstić information content (AvgIpc) is 3.47. The van der Waals surface area contributed by atoms with Crippen molar-refractivity contribution < 1.29 is 19.1 Å². The number of ether oxygens (including phenoxy) is 2. The molecule has 0 radical (unpaired) electrons. The van der Waals surface area contributed by atoms with Crippen molar-refractivity contribution >= 4 is 17.7 Å². The number of hydrogen-bond donors (Lipinski definition) is 1. The summed E-state index contributed by atoms with van der Waals surface area (Å²) < 4.78 is 11.0. The molecular weight excluding hydrogens is 358 g/mol. The van der Waals surface area contributed by atoms with Crippen LogP contribution >= 0.6 is 0 Å². The molecule has 1 atom stereocenters. The van der Waals surface area contributed by atoms with Crippen LogP contribution in [-0.4, -0.2) is 42.8 Å². The third kappa shape index (κ3) is 4.42. The minimum absolute atomic E-state index is 0.244. The summed E-state index contributed by atoms with van der Waals surface area (Å²) in [6.45, 7) is 3.28. The van der Waals surface area contributed by atoms with E-state index in [1.807, 2.05) is 31.2 Å². The van der Waals surface area contributed by atoms with Gasteiger partial charge in [0.1, 0.15) is 6.10 Å². The van der Waals surface area contributed by atoms with Gasteiger partial charge in [-0.2, -0.15) is 0 Å². The van der Waals surface area contributed by atoms with Crippen molar-refractivity contribution in [1.82, 2.24) is 10.3 Å². The molecule has 7 nitrogen and oxygen atoms in total. The molecule has 0 spiro atoms. The summed E-state index contributed by atoms with van der Waals surface area (Å²) in [7, 11) is 0. The number of carbonyl (C=O) groups is 2. The average molecular weight is 381 g/mol. The highest BCUT2D eigenvalue weighted by molar-refractivity contribution is 5.94. The lowest BCUT2D eigenvalue weighted by Gasteiger charge is -2.13. The quantitative estimate of drug-likeness (QED) is 0.798. The summed E-state index contributed by atoms with van der Waals surface area (Å²) in [5, 5.41) is 2.82. The Balaban J connectivity index is 1.30. The van der Waals surface area contributed by atoms with Crippen LogP contribution in [0, 0.1) is 12.8 Å². The first kappa shape index (κ1) is 18.3. The molecular formula is C21H23N3O4. The highest BCUT2D eigenvalue weighted by Gasteiger charge is 2.32. The second-order valence-electron chi connectivity index (χ2n) is 7.30. The Kier molecular flexibility index (Phi) is 5.14. The molecule has 2 aliphatic rings. The lowest BCUT2D eigenvalue weighted by Crippen LogP contribution is -2.34. The summed E-state index contributed by atoms with van der Waals surface area (Å²) in [5.41, 5.74) is 2.38. The van der Waals surface area contributed by atoms with E-state index < -0.39 is 12.2 Å². The Morgan fingerprint density at radius 2 is 2.07 bits per heavy atom. The lowest BCUT2D eigenvalue weighted by atomic mass is 10.2. The van der Waals surface area contributed by atoms with E-state index in [9.17, 15) is 9.59 Å². The van der Waals surface area contributed by atoms with Crippen LogP contribution in [0.1, 0.15) is 28.8 Å². The second-order valence-corrected chi connectivity index (χ2v) is 7.30. The van der Waals surface area contributed by atoms with Crippen LogP contribution in [0.4, 0.5) is 10.5 Å². The minimum Gasteiger partial charge on any atom is -0.477 e. The number of rotatable bonds is 7. The number of aryl methyl sites for hydroxylation is 1. The summed E-state index contributed by atoms with van der Waals surface area (Å²) in [4.78, 5) is 30.3. The van der Waals surface area contributed by atoms with Gasteiger partial charge in [0.25, 0.3) is 5.91 Å². The molecule has 1 aliphatic carbocycles. The van der Waals surface area contributed by atoms with Gasteiger partial charge in [0.15, 0.2) is 0 Å². The number of nitrogens with zero attached hydrogens (tertiary/aromatic N) is 2. The maximum atomic E-state index is 12.4. The number of anilines is 1. The molecule has 1 aliphatic heterocycles. The van der Waals surface area contributed by atoms with Gasteiger partial charge in [-0.25, -0.2) is 9.78 Å². The fourth-order valence-electron chi connectivity index (χ4n) is 2.99. The predicted octanol–water partition coefficient (Wildman–Crippen LogP) is 2.93. The van der Waals surface area contributed by atoms with Crippen LogP contribution in [0.25, 0.3) is 0 Å². The van der Waals surface area contributed by atoms with Gasteiger partial charge in [0, 0.05) is 23.5 Å². The Morgan fingerprint density at radius 1 is 1.29 bits per heavy atom. The van der Waals surface area contributed by atoms with E-state index in [1.54, 1.807) is 23.2 Å². The number of nitrogens with one attached hydrogen (secondary N) is 1. The van der Waals surface area contributed by atoms with E-state index in [2.05, 4.69) is 10.3 Å². The van der Waals surface area contributed by atoms with Gasteiger partial charge in [-0.15, -0.1) is 0 Å². The van der Waals surface area contributed by atoms with Crippen LogP contribution in [0.2, 0.25) is 0 Å². The molecule has 0 unspecified atom stereocenters. The van der Waals surface area contributed by atoms with Crippen molar-refractivity contribution in [2.75, 3.05) is 24.6 Å². The molecule has 0 bridgehead atoms. The molecule has 1 N–H and O–H groups in total. The molecule has 2 amide bonds. The van der Waals surface area contributed by atoms with Crippen molar-refractivity contribution in [3.63, 3.8) is 0 Å². The van der Waals surface area contributed by atoms with Gasteiger partial charge >= 0.3 is 6.09 Å². The van der Waals surface area contributed by atoms with E-state index in [1.165, 1.54) is 12.8 Å². The summed E-state index contributed by atoms with van der Waals surface area (Å²) in [6, 6.07) is 10.9. The summed E-state index contributed by atoms with van der Waals surface area (Å²) in [6.07, 6.45) is 3.15. The first-order valence-corrected chi connectivity index (χ1v) is 9.50. The zero-order chi connectivity index (χ0) is 19.5. The van der Waals surface area contributed by atoms with E-state index >= 15 is 0 Å². The number of carbonyl (C=O) groups excluding carboxylic acids is 2. The molecule has 2 heterocycles. The van der Waals surface area contributed by atoms with Crippen molar-refractivity contribution in [3.05, 3.63) is 53.7 Å². The Hall–Kier alpha value is -3.09. The minimum atomic E-state index is -0.400. The number of cyclic esters (lactones) is 1. The Labute approximate surface area is 163 Å². The largest absolute Gasteiger partial charge is 0.477 e. The molecule has 146 valence electrons. The highest BCUT2D eigenvalue weighted by Crippen LogP contribution is 2.29. The van der Waals surface area contributed by atoms with Gasteiger partial charge in [0.05, 0.1) is 19.7 Å². The lowest BCUT2D eigenvalue weighted by molar-refractivity contribution is 0.0915. The molecule has 1 saturated heterocycles. The molecule has 2 fully saturated rings. The van der Waals surface area contributed by atoms with Gasteiger partial charge < -0.3 is 14.8 Å². The molecule has 4 rings (SSSR count). The third-order valence-electron chi connectivity index (χ3n) is 4.87. The smallest absolute Gasteiger partial charge is 0.414 e. The fraction of sp³-hybridized carbons (Fsp3) is 0.381. The topological polar surface area (TPSA) is 80.8 Å². The zero-order valence-electron chi connectivity index (χ0n) is 15.8. The van der Waals surface area contributed by atoms with Crippen molar-refractivity contribution in [2.45, 2.75) is 25.9 Å². The van der Waals surface area contributed by atoms with Gasteiger partial charge in [0.2, 0.25) is 5.88 Å². The van der Waals surface area contributed by atoms with Crippen LogP contribution < -0.4 is 15.0 Å². The monoisotopic (exact) mass is 381 g/mol. The third-order valence-corrected chi connectivity index (χ3v) is 4.87. The van der Waals surface area contributed by atoms with E-state index in [0.29, 0.717) is 30.5 Å². The van der Waals surface area contributed by atoms with Crippen molar-refractivity contribution in [2.24, 2.45) is 5.92 Å². The molecule has 1 aromatic heterocycles. The predicted molar refractivity (Wildman–Crippen MR) is 104 cm³/mol. The number of hydrogen-bond acceptors (Lipinski definition) is 5. The standard InChI is InChI=1S/C21H23N3O4/c1-14-2-6-17(7-3-14)24-12-18(28-21(24)26)11-23-20(25)16-8-9-22-19(10-16)27-13-15-4-5-15/h2-3,6-10,15,18H,4-5,11-13H2,1H3,(H,23,25)/t18-/m0/s1. The highest BCUT2D eigenvalue weighted by atomic mass is 16.6. The van der Waals surface area contributed by atoms with Crippen LogP contribution in [-0.2, 0) is 4.74 Å². The number of pyridine rings is 1. The van der Waals surface area contributed by atoms with Crippen molar-refractivity contribution in [3.8, 4) is 5.88 Å². The van der Waals surface area contributed by atoms with E-state index in [4.69, 9.17) is 9.47 Å². The van der Waals surface area contributed by atoms with E-state index in [-0.39, 0.29) is 12.5 Å². The SMILES string of the molecule is Cc1ccc(N2C[C@H](CNC(=O)c3ccnc(OCC4CC4)c3)OC2=O)cc1. The molecule has 2 aromatic rings. The number of benzene rings is 1. The van der Waals surface area contributed by atoms with Gasteiger partial charge in [-0.1, -0.05) is 17.7 Å². The van der Waals surface area contributed by atoms with Crippen LogP contribution in [0.15, 0.2) is 42.6 Å². The Bertz CT molecular complexity index is 864. The molecule has 7 heteroatoms. The van der Waals surface area contributed by atoms with Gasteiger partial charge in [-0.3, -0.25) is 9.69 Å².